The standard InChI is InChI=1S/C21H22N4O2S/c1-3-19(26)23-16-8-10-17(11-9-16)24-20(27)14-28-21-22-12-13-25(21)18-7-5-4-6-15(18)2/h4-13H,3,14H2,1-2H3,(H,23,26)(H,24,27). The number of para-hydroxylation sites is 1. The molecule has 28 heavy (non-hydrogen) atoms. The van der Waals surface area contributed by atoms with Crippen molar-refractivity contribution in [3.63, 3.8) is 0 Å². The zero-order valence-electron chi connectivity index (χ0n) is 15.8. The van der Waals surface area contributed by atoms with Gasteiger partial charge in [0.15, 0.2) is 5.16 Å². The average Bonchev–Trinajstić information content (AvgIpc) is 3.16. The molecule has 0 unspecified atom stereocenters. The summed E-state index contributed by atoms with van der Waals surface area (Å²) in [4.78, 5) is 28.1. The van der Waals surface area contributed by atoms with E-state index in [-0.39, 0.29) is 17.6 Å². The number of hydrogen-bond donors (Lipinski definition) is 2. The van der Waals surface area contributed by atoms with E-state index in [1.165, 1.54) is 11.8 Å². The second kappa shape index (κ2) is 9.23. The molecule has 3 aromatic rings. The lowest BCUT2D eigenvalue weighted by atomic mass is 10.2. The maximum absolute atomic E-state index is 12.3. The molecule has 6 nitrogen and oxygen atoms in total. The SMILES string of the molecule is CCC(=O)Nc1ccc(NC(=O)CSc2nccn2-c2ccccc2C)cc1. The predicted octanol–water partition coefficient (Wildman–Crippen LogP) is 4.26. The molecule has 144 valence electrons. The van der Waals surface area contributed by atoms with E-state index >= 15 is 0 Å². The minimum absolute atomic E-state index is 0.0441. The van der Waals surface area contributed by atoms with Gasteiger partial charge in [-0.05, 0) is 42.8 Å². The van der Waals surface area contributed by atoms with Crippen LogP contribution in [0.1, 0.15) is 18.9 Å². The number of aryl methyl sites for hydroxylation is 1. The van der Waals surface area contributed by atoms with Crippen LogP contribution in [-0.4, -0.2) is 27.1 Å². The normalized spacial score (nSPS) is 10.5. The van der Waals surface area contributed by atoms with Crippen LogP contribution in [0.3, 0.4) is 0 Å². The van der Waals surface area contributed by atoms with E-state index in [2.05, 4.69) is 15.6 Å². The van der Waals surface area contributed by atoms with Crippen molar-refractivity contribution < 1.29 is 9.59 Å². The summed E-state index contributed by atoms with van der Waals surface area (Å²) in [7, 11) is 0. The third-order valence-electron chi connectivity index (χ3n) is 4.09. The fraction of sp³-hybridized carbons (Fsp3) is 0.190. The fourth-order valence-corrected chi connectivity index (χ4v) is 3.39. The molecule has 0 bridgehead atoms. The zero-order valence-corrected chi connectivity index (χ0v) is 16.6. The molecule has 0 atom stereocenters. The van der Waals surface area contributed by atoms with Crippen molar-refractivity contribution in [1.82, 2.24) is 9.55 Å². The first kappa shape index (κ1) is 19.7. The number of nitrogens with zero attached hydrogens (tertiary/aromatic N) is 2. The van der Waals surface area contributed by atoms with Crippen molar-refractivity contribution in [3.8, 4) is 5.69 Å². The first-order chi connectivity index (χ1) is 13.6. The van der Waals surface area contributed by atoms with Crippen LogP contribution < -0.4 is 10.6 Å². The Balaban J connectivity index is 1.58. The van der Waals surface area contributed by atoms with Gasteiger partial charge in [-0.25, -0.2) is 4.98 Å². The van der Waals surface area contributed by atoms with Crippen molar-refractivity contribution in [3.05, 3.63) is 66.5 Å². The number of anilines is 2. The number of amides is 2. The van der Waals surface area contributed by atoms with Crippen molar-refractivity contribution in [2.75, 3.05) is 16.4 Å². The van der Waals surface area contributed by atoms with E-state index in [4.69, 9.17) is 0 Å². The molecule has 0 fully saturated rings. The molecular formula is C21H22N4O2S. The summed E-state index contributed by atoms with van der Waals surface area (Å²) in [5, 5.41) is 6.40. The Kier molecular flexibility index (Phi) is 6.49. The van der Waals surface area contributed by atoms with E-state index in [9.17, 15) is 9.59 Å². The summed E-state index contributed by atoms with van der Waals surface area (Å²) in [6, 6.07) is 15.1. The minimum atomic E-state index is -0.116. The quantitative estimate of drug-likeness (QED) is 0.587. The molecule has 2 aromatic carbocycles. The van der Waals surface area contributed by atoms with Gasteiger partial charge in [-0.3, -0.25) is 14.2 Å². The topological polar surface area (TPSA) is 76.0 Å². The van der Waals surface area contributed by atoms with Crippen LogP contribution in [0, 0.1) is 6.92 Å². The molecule has 0 spiro atoms. The first-order valence-corrected chi connectivity index (χ1v) is 9.97. The van der Waals surface area contributed by atoms with Gasteiger partial charge in [0, 0.05) is 30.2 Å². The Morgan fingerprint density at radius 2 is 1.64 bits per heavy atom. The lowest BCUT2D eigenvalue weighted by Crippen LogP contribution is -2.15. The number of thioether (sulfide) groups is 1. The number of carbonyl (C=O) groups is 2. The Morgan fingerprint density at radius 1 is 1.00 bits per heavy atom. The highest BCUT2D eigenvalue weighted by Gasteiger charge is 2.10. The Hall–Kier alpha value is -3.06. The molecule has 0 radical (unpaired) electrons. The van der Waals surface area contributed by atoms with Crippen molar-refractivity contribution in [1.29, 1.82) is 0 Å². The van der Waals surface area contributed by atoms with E-state index in [1.807, 2.05) is 42.0 Å². The van der Waals surface area contributed by atoms with Crippen molar-refractivity contribution in [2.24, 2.45) is 0 Å². The molecule has 2 amide bonds. The first-order valence-electron chi connectivity index (χ1n) is 8.98. The highest BCUT2D eigenvalue weighted by molar-refractivity contribution is 7.99. The van der Waals surface area contributed by atoms with Crippen molar-refractivity contribution >= 4 is 35.0 Å². The Morgan fingerprint density at radius 3 is 2.29 bits per heavy atom. The second-order valence-electron chi connectivity index (χ2n) is 6.18. The average molecular weight is 395 g/mol. The summed E-state index contributed by atoms with van der Waals surface area (Å²) in [5.74, 6) is 0.0871. The van der Waals surface area contributed by atoms with Gasteiger partial charge in [0.25, 0.3) is 0 Å². The predicted molar refractivity (Wildman–Crippen MR) is 113 cm³/mol. The largest absolute Gasteiger partial charge is 0.326 e. The molecule has 2 N–H and O–H groups in total. The fourth-order valence-electron chi connectivity index (χ4n) is 2.63. The lowest BCUT2D eigenvalue weighted by molar-refractivity contribution is -0.116. The number of nitrogens with one attached hydrogen (secondary N) is 2. The van der Waals surface area contributed by atoms with Gasteiger partial charge < -0.3 is 10.6 Å². The maximum Gasteiger partial charge on any atom is 0.234 e. The van der Waals surface area contributed by atoms with Crippen LogP contribution in [0.5, 0.6) is 0 Å². The summed E-state index contributed by atoms with van der Waals surface area (Å²) < 4.78 is 1.98. The van der Waals surface area contributed by atoms with Crippen LogP contribution in [0.2, 0.25) is 0 Å². The number of carbonyl (C=O) groups excluding carboxylic acids is 2. The Labute approximate surface area is 168 Å². The van der Waals surface area contributed by atoms with E-state index in [0.29, 0.717) is 17.8 Å². The molecule has 0 aliphatic rings. The number of benzene rings is 2. The monoisotopic (exact) mass is 394 g/mol. The van der Waals surface area contributed by atoms with Gasteiger partial charge in [0.2, 0.25) is 11.8 Å². The van der Waals surface area contributed by atoms with Crippen LogP contribution >= 0.6 is 11.8 Å². The molecule has 1 heterocycles. The Bertz CT molecular complexity index is 967. The molecule has 0 saturated carbocycles. The molecule has 7 heteroatoms. The summed E-state index contributed by atoms with van der Waals surface area (Å²) in [6.07, 6.45) is 4.05. The number of imidazole rings is 1. The number of hydrogen-bond acceptors (Lipinski definition) is 4. The van der Waals surface area contributed by atoms with E-state index in [1.54, 1.807) is 37.4 Å². The van der Waals surface area contributed by atoms with Crippen LogP contribution in [0.25, 0.3) is 5.69 Å². The van der Waals surface area contributed by atoms with Gasteiger partial charge >= 0.3 is 0 Å². The summed E-state index contributed by atoms with van der Waals surface area (Å²) in [6.45, 7) is 3.84. The lowest BCUT2D eigenvalue weighted by Gasteiger charge is -2.10. The summed E-state index contributed by atoms with van der Waals surface area (Å²) in [5.41, 5.74) is 3.58. The van der Waals surface area contributed by atoms with E-state index < -0.39 is 0 Å². The van der Waals surface area contributed by atoms with Gasteiger partial charge in [0.1, 0.15) is 0 Å². The molecule has 1 aromatic heterocycles. The molecule has 3 rings (SSSR count). The highest BCUT2D eigenvalue weighted by Crippen LogP contribution is 2.23. The minimum Gasteiger partial charge on any atom is -0.326 e. The van der Waals surface area contributed by atoms with Gasteiger partial charge in [0.05, 0.1) is 11.4 Å². The smallest absolute Gasteiger partial charge is 0.234 e. The maximum atomic E-state index is 12.3. The third kappa shape index (κ3) is 5.01. The number of aromatic nitrogens is 2. The van der Waals surface area contributed by atoms with Gasteiger partial charge in [-0.15, -0.1) is 0 Å². The van der Waals surface area contributed by atoms with Crippen molar-refractivity contribution in [2.45, 2.75) is 25.4 Å². The molecular weight excluding hydrogens is 372 g/mol. The van der Waals surface area contributed by atoms with E-state index in [0.717, 1.165) is 16.4 Å². The number of rotatable bonds is 7. The van der Waals surface area contributed by atoms with Gasteiger partial charge in [-0.2, -0.15) is 0 Å². The second-order valence-corrected chi connectivity index (χ2v) is 7.12. The summed E-state index contributed by atoms with van der Waals surface area (Å²) >= 11 is 1.38. The van der Waals surface area contributed by atoms with Crippen LogP contribution in [-0.2, 0) is 9.59 Å². The zero-order chi connectivity index (χ0) is 19.9. The van der Waals surface area contributed by atoms with Crippen LogP contribution in [0.15, 0.2) is 66.1 Å². The molecule has 0 aliphatic heterocycles. The van der Waals surface area contributed by atoms with Gasteiger partial charge in [-0.1, -0.05) is 36.9 Å². The van der Waals surface area contributed by atoms with Crippen LogP contribution in [0.4, 0.5) is 11.4 Å². The third-order valence-corrected chi connectivity index (χ3v) is 5.05. The molecule has 0 saturated heterocycles. The molecule has 0 aliphatic carbocycles. The highest BCUT2D eigenvalue weighted by atomic mass is 32.2.